The molecule has 1 aliphatic heterocycles. The lowest BCUT2D eigenvalue weighted by Crippen LogP contribution is -2.56. The summed E-state index contributed by atoms with van der Waals surface area (Å²) >= 11 is 0. The van der Waals surface area contributed by atoms with Crippen LogP contribution in [0.3, 0.4) is 0 Å². The highest BCUT2D eigenvalue weighted by Gasteiger charge is 2.32. The molecule has 0 spiro atoms. The maximum atomic E-state index is 11.8. The quantitative estimate of drug-likeness (QED) is 0.570. The van der Waals surface area contributed by atoms with Crippen molar-refractivity contribution in [3.63, 3.8) is 0 Å². The van der Waals surface area contributed by atoms with E-state index in [4.69, 9.17) is 0 Å². The van der Waals surface area contributed by atoms with Crippen molar-refractivity contribution < 1.29 is 14.4 Å². The van der Waals surface area contributed by atoms with Gasteiger partial charge < -0.3 is 20.4 Å². The highest BCUT2D eigenvalue weighted by atomic mass is 16.2. The second-order valence-corrected chi connectivity index (χ2v) is 4.61. The SMILES string of the molecule is CCN1CCN(CC(=O)NCC(C)NC)C(=O)C1=O. The number of hydrogen-bond acceptors (Lipinski definition) is 4. The molecule has 1 fully saturated rings. The summed E-state index contributed by atoms with van der Waals surface area (Å²) in [6.45, 7) is 5.62. The van der Waals surface area contributed by atoms with Crippen LogP contribution in [-0.2, 0) is 14.4 Å². The largest absolute Gasteiger partial charge is 0.353 e. The lowest BCUT2D eigenvalue weighted by molar-refractivity contribution is -0.156. The Labute approximate surface area is 113 Å². The van der Waals surface area contributed by atoms with Gasteiger partial charge in [0.2, 0.25) is 5.91 Å². The zero-order chi connectivity index (χ0) is 14.4. The highest BCUT2D eigenvalue weighted by molar-refractivity contribution is 6.35. The van der Waals surface area contributed by atoms with Crippen molar-refractivity contribution in [1.29, 1.82) is 0 Å². The standard InChI is InChI=1S/C12H22N4O3/c1-4-15-5-6-16(12(19)11(15)18)8-10(17)14-7-9(2)13-3/h9,13H,4-8H2,1-3H3,(H,14,17). The van der Waals surface area contributed by atoms with Crippen molar-refractivity contribution >= 4 is 17.7 Å². The average Bonchev–Trinajstić information content (AvgIpc) is 2.41. The molecule has 7 nitrogen and oxygen atoms in total. The second kappa shape index (κ2) is 7.08. The summed E-state index contributed by atoms with van der Waals surface area (Å²) in [5, 5.41) is 5.72. The molecular formula is C12H22N4O3. The van der Waals surface area contributed by atoms with E-state index in [1.165, 1.54) is 9.80 Å². The maximum Gasteiger partial charge on any atom is 0.312 e. The Morgan fingerprint density at radius 1 is 1.26 bits per heavy atom. The van der Waals surface area contributed by atoms with Gasteiger partial charge in [-0.3, -0.25) is 14.4 Å². The molecule has 19 heavy (non-hydrogen) atoms. The molecular weight excluding hydrogens is 248 g/mol. The Bertz CT molecular complexity index is 359. The summed E-state index contributed by atoms with van der Waals surface area (Å²) in [6, 6.07) is 0.165. The molecule has 108 valence electrons. The zero-order valence-corrected chi connectivity index (χ0v) is 11.7. The molecule has 1 saturated heterocycles. The van der Waals surface area contributed by atoms with Gasteiger partial charge >= 0.3 is 11.8 Å². The summed E-state index contributed by atoms with van der Waals surface area (Å²) in [5.74, 6) is -1.36. The molecule has 7 heteroatoms. The summed E-state index contributed by atoms with van der Waals surface area (Å²) in [4.78, 5) is 37.9. The number of nitrogens with one attached hydrogen (secondary N) is 2. The fraction of sp³-hybridized carbons (Fsp3) is 0.750. The van der Waals surface area contributed by atoms with Crippen LogP contribution >= 0.6 is 0 Å². The number of rotatable bonds is 6. The Hall–Kier alpha value is -1.63. The lowest BCUT2D eigenvalue weighted by Gasteiger charge is -2.32. The van der Waals surface area contributed by atoms with Gasteiger partial charge in [-0.15, -0.1) is 0 Å². The van der Waals surface area contributed by atoms with Crippen LogP contribution < -0.4 is 10.6 Å². The molecule has 1 rings (SSSR count). The van der Waals surface area contributed by atoms with E-state index < -0.39 is 11.8 Å². The first-order valence-corrected chi connectivity index (χ1v) is 6.51. The first-order chi connectivity index (χ1) is 8.99. The van der Waals surface area contributed by atoms with Crippen molar-refractivity contribution in [2.24, 2.45) is 0 Å². The van der Waals surface area contributed by atoms with Crippen LogP contribution in [0, 0.1) is 0 Å². The van der Waals surface area contributed by atoms with Gasteiger partial charge in [0.15, 0.2) is 0 Å². The van der Waals surface area contributed by atoms with E-state index in [1.54, 1.807) is 0 Å². The Morgan fingerprint density at radius 2 is 1.84 bits per heavy atom. The number of likely N-dealkylation sites (N-methyl/N-ethyl adjacent to an activating group) is 2. The van der Waals surface area contributed by atoms with Crippen LogP contribution in [0.25, 0.3) is 0 Å². The molecule has 0 bridgehead atoms. The van der Waals surface area contributed by atoms with Crippen LogP contribution in [-0.4, -0.2) is 73.3 Å². The third kappa shape index (κ3) is 4.20. The molecule has 2 N–H and O–H groups in total. The van der Waals surface area contributed by atoms with E-state index >= 15 is 0 Å². The van der Waals surface area contributed by atoms with Crippen molar-refractivity contribution in [2.75, 3.05) is 39.8 Å². The van der Waals surface area contributed by atoms with Gasteiger partial charge in [-0.1, -0.05) is 0 Å². The van der Waals surface area contributed by atoms with Crippen molar-refractivity contribution in [2.45, 2.75) is 19.9 Å². The highest BCUT2D eigenvalue weighted by Crippen LogP contribution is 2.04. The third-order valence-corrected chi connectivity index (χ3v) is 3.21. The number of piperazine rings is 1. The number of carbonyl (C=O) groups excluding carboxylic acids is 3. The van der Waals surface area contributed by atoms with Crippen molar-refractivity contribution in [1.82, 2.24) is 20.4 Å². The van der Waals surface area contributed by atoms with E-state index in [-0.39, 0.29) is 18.5 Å². The van der Waals surface area contributed by atoms with Crippen molar-refractivity contribution in [3.05, 3.63) is 0 Å². The smallest absolute Gasteiger partial charge is 0.312 e. The second-order valence-electron chi connectivity index (χ2n) is 4.61. The van der Waals surface area contributed by atoms with Gasteiger partial charge in [0, 0.05) is 32.2 Å². The van der Waals surface area contributed by atoms with Crippen LogP contribution in [0.15, 0.2) is 0 Å². The van der Waals surface area contributed by atoms with Crippen LogP contribution in [0.5, 0.6) is 0 Å². The van der Waals surface area contributed by atoms with Crippen LogP contribution in [0.1, 0.15) is 13.8 Å². The average molecular weight is 270 g/mol. The van der Waals surface area contributed by atoms with Gasteiger partial charge in [-0.2, -0.15) is 0 Å². The zero-order valence-electron chi connectivity index (χ0n) is 11.7. The minimum Gasteiger partial charge on any atom is -0.353 e. The molecule has 3 amide bonds. The minimum absolute atomic E-state index is 0.0570. The van der Waals surface area contributed by atoms with Crippen LogP contribution in [0.2, 0.25) is 0 Å². The molecule has 0 aliphatic carbocycles. The van der Waals surface area contributed by atoms with E-state index in [0.717, 1.165) is 0 Å². The molecule has 1 aliphatic rings. The number of carbonyl (C=O) groups is 3. The third-order valence-electron chi connectivity index (χ3n) is 3.21. The van der Waals surface area contributed by atoms with Crippen LogP contribution in [0.4, 0.5) is 0 Å². The van der Waals surface area contributed by atoms with E-state index in [0.29, 0.717) is 26.2 Å². The molecule has 0 aromatic rings. The van der Waals surface area contributed by atoms with Crippen molar-refractivity contribution in [3.8, 4) is 0 Å². The fourth-order valence-corrected chi connectivity index (χ4v) is 1.77. The topological polar surface area (TPSA) is 81.8 Å². The monoisotopic (exact) mass is 270 g/mol. The number of hydrogen-bond donors (Lipinski definition) is 2. The molecule has 1 heterocycles. The van der Waals surface area contributed by atoms with E-state index in [2.05, 4.69) is 10.6 Å². The molecule has 1 atom stereocenters. The first kappa shape index (κ1) is 15.4. The molecule has 0 aromatic heterocycles. The van der Waals surface area contributed by atoms with Gasteiger partial charge in [0.05, 0.1) is 0 Å². The Balaban J connectivity index is 2.43. The Morgan fingerprint density at radius 3 is 2.42 bits per heavy atom. The number of amides is 3. The Kier molecular flexibility index (Phi) is 5.75. The summed E-state index contributed by atoms with van der Waals surface area (Å²) in [6.07, 6.45) is 0. The summed E-state index contributed by atoms with van der Waals surface area (Å²) in [7, 11) is 1.81. The molecule has 0 aromatic carbocycles. The number of nitrogens with zero attached hydrogens (tertiary/aromatic N) is 2. The molecule has 0 saturated carbocycles. The predicted octanol–water partition coefficient (Wildman–Crippen LogP) is -1.60. The maximum absolute atomic E-state index is 11.8. The molecule has 0 radical (unpaired) electrons. The first-order valence-electron chi connectivity index (χ1n) is 6.51. The normalized spacial score (nSPS) is 17.6. The fourth-order valence-electron chi connectivity index (χ4n) is 1.77. The van der Waals surface area contributed by atoms with Gasteiger partial charge in [0.1, 0.15) is 6.54 Å². The minimum atomic E-state index is -0.593. The summed E-state index contributed by atoms with van der Waals surface area (Å²) in [5.41, 5.74) is 0. The van der Waals surface area contributed by atoms with E-state index in [1.807, 2.05) is 20.9 Å². The summed E-state index contributed by atoms with van der Waals surface area (Å²) < 4.78 is 0. The van der Waals surface area contributed by atoms with Gasteiger partial charge in [0.25, 0.3) is 0 Å². The van der Waals surface area contributed by atoms with Gasteiger partial charge in [-0.05, 0) is 20.9 Å². The predicted molar refractivity (Wildman–Crippen MR) is 70.4 cm³/mol. The van der Waals surface area contributed by atoms with Gasteiger partial charge in [-0.25, -0.2) is 0 Å². The lowest BCUT2D eigenvalue weighted by atomic mass is 10.3. The molecule has 1 unspecified atom stereocenters. The van der Waals surface area contributed by atoms with E-state index in [9.17, 15) is 14.4 Å².